The maximum Gasteiger partial charge on any atom is 0.294 e. The Balaban J connectivity index is 1.94. The molecule has 0 saturated heterocycles. The second-order valence-corrected chi connectivity index (χ2v) is 5.93. The van der Waals surface area contributed by atoms with Crippen LogP contribution in [0, 0.1) is 5.82 Å². The van der Waals surface area contributed by atoms with Crippen molar-refractivity contribution in [2.24, 2.45) is 7.05 Å². The van der Waals surface area contributed by atoms with Gasteiger partial charge in [0.2, 0.25) is 0 Å². The first-order chi connectivity index (χ1) is 13.5. The van der Waals surface area contributed by atoms with E-state index in [9.17, 15) is 14.0 Å². The summed E-state index contributed by atoms with van der Waals surface area (Å²) in [7, 11) is 1.51. The van der Waals surface area contributed by atoms with Gasteiger partial charge in [-0.15, -0.1) is 0 Å². The largest absolute Gasteiger partial charge is 0.453 e. The summed E-state index contributed by atoms with van der Waals surface area (Å²) in [5.41, 5.74) is 0.729. The second kappa shape index (κ2) is 8.34. The normalized spacial score (nSPS) is 10.4. The Morgan fingerprint density at radius 1 is 1.21 bits per heavy atom. The van der Waals surface area contributed by atoms with Crippen molar-refractivity contribution < 1.29 is 13.9 Å². The van der Waals surface area contributed by atoms with E-state index in [0.29, 0.717) is 23.5 Å². The van der Waals surface area contributed by atoms with E-state index < -0.39 is 11.4 Å². The van der Waals surface area contributed by atoms with Crippen LogP contribution in [0.4, 0.5) is 15.8 Å². The van der Waals surface area contributed by atoms with Gasteiger partial charge in [0, 0.05) is 24.8 Å². The van der Waals surface area contributed by atoms with E-state index in [0.717, 1.165) is 4.68 Å². The maximum atomic E-state index is 13.1. The first-order valence-corrected chi connectivity index (χ1v) is 8.63. The van der Waals surface area contributed by atoms with Crippen LogP contribution in [0.25, 0.3) is 0 Å². The van der Waals surface area contributed by atoms with Crippen molar-refractivity contribution in [3.05, 3.63) is 76.5 Å². The van der Waals surface area contributed by atoms with Gasteiger partial charge in [-0.3, -0.25) is 9.59 Å². The third kappa shape index (κ3) is 4.35. The summed E-state index contributed by atoms with van der Waals surface area (Å²) >= 11 is 0. The molecule has 0 saturated carbocycles. The molecule has 3 rings (SSSR count). The third-order valence-electron chi connectivity index (χ3n) is 3.88. The molecule has 0 aliphatic heterocycles. The Morgan fingerprint density at radius 2 is 1.96 bits per heavy atom. The minimum atomic E-state index is -0.414. The lowest BCUT2D eigenvalue weighted by molar-refractivity contribution is 0.0956. The minimum Gasteiger partial charge on any atom is -0.453 e. The number of aromatic nitrogens is 2. The zero-order valence-electron chi connectivity index (χ0n) is 15.4. The molecule has 2 aromatic carbocycles. The molecule has 0 aliphatic rings. The highest BCUT2D eigenvalue weighted by atomic mass is 19.1. The van der Waals surface area contributed by atoms with Crippen LogP contribution >= 0.6 is 0 Å². The molecule has 7 nitrogen and oxygen atoms in total. The van der Waals surface area contributed by atoms with Crippen LogP contribution in [0.1, 0.15) is 17.3 Å². The fourth-order valence-electron chi connectivity index (χ4n) is 2.49. The van der Waals surface area contributed by atoms with Gasteiger partial charge in [-0.1, -0.05) is 6.07 Å². The Bertz CT molecular complexity index is 1050. The molecule has 144 valence electrons. The van der Waals surface area contributed by atoms with Crippen LogP contribution in [0.5, 0.6) is 11.5 Å². The molecule has 0 unspecified atom stereocenters. The fourth-order valence-corrected chi connectivity index (χ4v) is 2.49. The summed E-state index contributed by atoms with van der Waals surface area (Å²) in [5.74, 6) is -0.0692. The van der Waals surface area contributed by atoms with E-state index >= 15 is 0 Å². The van der Waals surface area contributed by atoms with Crippen LogP contribution < -0.4 is 20.9 Å². The number of ether oxygens (including phenoxy) is 1. The summed E-state index contributed by atoms with van der Waals surface area (Å²) in [5, 5.41) is 9.69. The molecule has 0 fully saturated rings. The molecular formula is C20H19FN4O3. The number of carbonyl (C=O) groups excluding carboxylic acids is 1. The first kappa shape index (κ1) is 19.1. The molecule has 1 heterocycles. The SMILES string of the molecule is CCNC(=O)c1cccc(Nc2c(Oc3ccc(F)cc3)cnn(C)c2=O)c1. The molecule has 28 heavy (non-hydrogen) atoms. The predicted molar refractivity (Wildman–Crippen MR) is 104 cm³/mol. The number of halogens is 1. The van der Waals surface area contributed by atoms with Gasteiger partial charge in [0.25, 0.3) is 11.5 Å². The summed E-state index contributed by atoms with van der Waals surface area (Å²) in [4.78, 5) is 24.6. The maximum absolute atomic E-state index is 13.1. The summed E-state index contributed by atoms with van der Waals surface area (Å²) < 4.78 is 20.0. The quantitative estimate of drug-likeness (QED) is 0.684. The van der Waals surface area contributed by atoms with Gasteiger partial charge in [0.15, 0.2) is 11.4 Å². The Labute approximate surface area is 160 Å². The van der Waals surface area contributed by atoms with Crippen molar-refractivity contribution in [1.82, 2.24) is 15.1 Å². The molecule has 1 aromatic heterocycles. The summed E-state index contributed by atoms with van der Waals surface area (Å²) in [6.07, 6.45) is 1.39. The monoisotopic (exact) mass is 382 g/mol. The van der Waals surface area contributed by atoms with E-state index in [1.54, 1.807) is 24.3 Å². The minimum absolute atomic E-state index is 0.148. The van der Waals surface area contributed by atoms with Crippen molar-refractivity contribution in [2.45, 2.75) is 6.92 Å². The predicted octanol–water partition coefficient (Wildman–Crippen LogP) is 3.21. The molecule has 1 amide bonds. The van der Waals surface area contributed by atoms with Gasteiger partial charge in [0.05, 0.1) is 6.20 Å². The number of benzene rings is 2. The number of nitrogens with zero attached hydrogens (tertiary/aromatic N) is 2. The van der Waals surface area contributed by atoms with Gasteiger partial charge < -0.3 is 15.4 Å². The van der Waals surface area contributed by atoms with E-state index in [4.69, 9.17) is 4.74 Å². The van der Waals surface area contributed by atoms with Crippen LogP contribution in [0.3, 0.4) is 0 Å². The van der Waals surface area contributed by atoms with Crippen LogP contribution in [0.2, 0.25) is 0 Å². The summed E-state index contributed by atoms with van der Waals surface area (Å²) in [6.45, 7) is 2.34. The molecule has 0 radical (unpaired) electrons. The molecule has 0 atom stereocenters. The van der Waals surface area contributed by atoms with Crippen molar-refractivity contribution >= 4 is 17.3 Å². The number of anilines is 2. The number of aryl methyl sites for hydroxylation is 1. The highest BCUT2D eigenvalue weighted by Gasteiger charge is 2.14. The van der Waals surface area contributed by atoms with E-state index in [-0.39, 0.29) is 17.3 Å². The Hall–Kier alpha value is -3.68. The molecule has 0 aliphatic carbocycles. The van der Waals surface area contributed by atoms with Gasteiger partial charge in [-0.2, -0.15) is 5.10 Å². The highest BCUT2D eigenvalue weighted by molar-refractivity contribution is 5.95. The third-order valence-corrected chi connectivity index (χ3v) is 3.88. The van der Waals surface area contributed by atoms with Crippen molar-refractivity contribution in [1.29, 1.82) is 0 Å². The average molecular weight is 382 g/mol. The summed E-state index contributed by atoms with van der Waals surface area (Å²) in [6, 6.07) is 12.2. The Morgan fingerprint density at radius 3 is 2.68 bits per heavy atom. The van der Waals surface area contributed by atoms with E-state index in [2.05, 4.69) is 15.7 Å². The van der Waals surface area contributed by atoms with Crippen molar-refractivity contribution in [3.8, 4) is 11.5 Å². The zero-order valence-corrected chi connectivity index (χ0v) is 15.4. The lowest BCUT2D eigenvalue weighted by Crippen LogP contribution is -2.23. The number of rotatable bonds is 6. The zero-order chi connectivity index (χ0) is 20.1. The fraction of sp³-hybridized carbons (Fsp3) is 0.150. The average Bonchev–Trinajstić information content (AvgIpc) is 2.69. The number of hydrogen-bond donors (Lipinski definition) is 2. The van der Waals surface area contributed by atoms with Gasteiger partial charge in [-0.25, -0.2) is 9.07 Å². The molecular weight excluding hydrogens is 363 g/mol. The first-order valence-electron chi connectivity index (χ1n) is 8.63. The second-order valence-electron chi connectivity index (χ2n) is 5.93. The lowest BCUT2D eigenvalue weighted by atomic mass is 10.2. The smallest absolute Gasteiger partial charge is 0.294 e. The standard InChI is InChI=1S/C20H19FN4O3/c1-3-22-19(26)13-5-4-6-15(11-13)24-18-17(12-23-25(2)20(18)27)28-16-9-7-14(21)8-10-16/h4-12,24H,3H2,1-2H3,(H,22,26). The van der Waals surface area contributed by atoms with Crippen LogP contribution in [-0.2, 0) is 7.05 Å². The number of carbonyl (C=O) groups is 1. The number of hydrogen-bond acceptors (Lipinski definition) is 5. The molecule has 8 heteroatoms. The van der Waals surface area contributed by atoms with Crippen LogP contribution in [0.15, 0.2) is 59.5 Å². The van der Waals surface area contributed by atoms with Crippen molar-refractivity contribution in [3.63, 3.8) is 0 Å². The number of amides is 1. The van der Waals surface area contributed by atoms with Gasteiger partial charge in [0.1, 0.15) is 11.6 Å². The van der Waals surface area contributed by atoms with Crippen molar-refractivity contribution in [2.75, 3.05) is 11.9 Å². The molecule has 2 N–H and O–H groups in total. The number of nitrogens with one attached hydrogen (secondary N) is 2. The van der Waals surface area contributed by atoms with Crippen LogP contribution in [-0.4, -0.2) is 22.2 Å². The van der Waals surface area contributed by atoms with Gasteiger partial charge >= 0.3 is 0 Å². The van der Waals surface area contributed by atoms with E-state index in [1.807, 2.05) is 6.92 Å². The molecule has 0 spiro atoms. The van der Waals surface area contributed by atoms with E-state index in [1.165, 1.54) is 37.5 Å². The molecule has 0 bridgehead atoms. The topological polar surface area (TPSA) is 85.2 Å². The molecule has 3 aromatic rings. The lowest BCUT2D eigenvalue weighted by Gasteiger charge is -2.13. The highest BCUT2D eigenvalue weighted by Crippen LogP contribution is 2.28. The van der Waals surface area contributed by atoms with Gasteiger partial charge in [-0.05, 0) is 49.4 Å². The Kier molecular flexibility index (Phi) is 5.69.